The van der Waals surface area contributed by atoms with E-state index in [0.717, 1.165) is 11.3 Å². The molecule has 0 bridgehead atoms. The van der Waals surface area contributed by atoms with Crippen LogP contribution in [-0.2, 0) is 17.9 Å². The molecule has 0 fully saturated rings. The molecule has 6 nitrogen and oxygen atoms in total. The molecule has 0 aliphatic heterocycles. The highest BCUT2D eigenvalue weighted by molar-refractivity contribution is 7.99. The molecule has 8 heteroatoms. The Bertz CT molecular complexity index is 1260. The van der Waals surface area contributed by atoms with Crippen molar-refractivity contribution in [2.24, 2.45) is 0 Å². The van der Waals surface area contributed by atoms with E-state index in [1.54, 1.807) is 41.0 Å². The third kappa shape index (κ3) is 5.90. The maximum Gasteiger partial charge on any atom is 0.234 e. The highest BCUT2D eigenvalue weighted by atomic mass is 32.2. The number of carbonyl (C=O) groups is 1. The lowest BCUT2D eigenvalue weighted by Crippen LogP contribution is -2.14. The monoisotopic (exact) mass is 474 g/mol. The predicted molar refractivity (Wildman–Crippen MR) is 132 cm³/mol. The summed E-state index contributed by atoms with van der Waals surface area (Å²) in [5.41, 5.74) is 2.10. The van der Waals surface area contributed by atoms with Crippen LogP contribution in [0.1, 0.15) is 5.56 Å². The van der Waals surface area contributed by atoms with Crippen molar-refractivity contribution in [3.63, 3.8) is 0 Å². The van der Waals surface area contributed by atoms with E-state index in [9.17, 15) is 9.18 Å². The normalized spacial score (nSPS) is 10.6. The minimum absolute atomic E-state index is 0.124. The smallest absolute Gasteiger partial charge is 0.234 e. The number of allylic oxidation sites excluding steroid dienone is 1. The molecule has 0 unspecified atom stereocenters. The number of anilines is 1. The number of nitrogens with one attached hydrogen (secondary N) is 1. The van der Waals surface area contributed by atoms with E-state index < -0.39 is 0 Å². The second-order valence-corrected chi connectivity index (χ2v) is 8.26. The minimum atomic E-state index is -0.384. The average Bonchev–Trinajstić information content (AvgIpc) is 3.26. The molecule has 172 valence electrons. The number of thioether (sulfide) groups is 1. The first-order chi connectivity index (χ1) is 16.6. The highest BCUT2D eigenvalue weighted by Gasteiger charge is 2.17. The van der Waals surface area contributed by atoms with Gasteiger partial charge in [-0.15, -0.1) is 16.8 Å². The third-order valence-corrected chi connectivity index (χ3v) is 5.83. The summed E-state index contributed by atoms with van der Waals surface area (Å²) < 4.78 is 21.7. The van der Waals surface area contributed by atoms with Gasteiger partial charge in [0.15, 0.2) is 11.0 Å². The maximum absolute atomic E-state index is 14.2. The van der Waals surface area contributed by atoms with Crippen LogP contribution in [0.15, 0.2) is 96.7 Å². The quantitative estimate of drug-likeness (QED) is 0.240. The maximum atomic E-state index is 14.2. The molecule has 0 radical (unpaired) electrons. The van der Waals surface area contributed by atoms with Crippen LogP contribution in [0.3, 0.4) is 0 Å². The van der Waals surface area contributed by atoms with Crippen LogP contribution in [0.25, 0.3) is 11.4 Å². The summed E-state index contributed by atoms with van der Waals surface area (Å²) in [6, 6.07) is 23.5. The molecule has 1 N–H and O–H groups in total. The number of aromatic nitrogens is 3. The number of hydrogen-bond acceptors (Lipinski definition) is 5. The van der Waals surface area contributed by atoms with E-state index in [2.05, 4.69) is 22.1 Å². The van der Waals surface area contributed by atoms with Crippen molar-refractivity contribution in [2.45, 2.75) is 18.3 Å². The van der Waals surface area contributed by atoms with Gasteiger partial charge in [-0.3, -0.25) is 9.36 Å². The largest absolute Gasteiger partial charge is 0.489 e. The van der Waals surface area contributed by atoms with Crippen LogP contribution in [-0.4, -0.2) is 26.4 Å². The number of nitrogens with zero attached hydrogens (tertiary/aromatic N) is 3. The van der Waals surface area contributed by atoms with Crippen LogP contribution < -0.4 is 10.1 Å². The summed E-state index contributed by atoms with van der Waals surface area (Å²) in [5, 5.41) is 11.7. The number of hydrogen-bond donors (Lipinski definition) is 1. The lowest BCUT2D eigenvalue weighted by Gasteiger charge is -2.09. The number of rotatable bonds is 10. The van der Waals surface area contributed by atoms with E-state index in [1.165, 1.54) is 17.8 Å². The van der Waals surface area contributed by atoms with Gasteiger partial charge < -0.3 is 10.1 Å². The predicted octanol–water partition coefficient (Wildman–Crippen LogP) is 5.58. The average molecular weight is 475 g/mol. The van der Waals surface area contributed by atoms with Crippen LogP contribution in [0, 0.1) is 5.82 Å². The van der Waals surface area contributed by atoms with Crippen molar-refractivity contribution >= 4 is 23.4 Å². The van der Waals surface area contributed by atoms with E-state index in [1.807, 2.05) is 42.5 Å². The molecule has 0 atom stereocenters. The molecule has 3 aromatic carbocycles. The van der Waals surface area contributed by atoms with Gasteiger partial charge in [0.2, 0.25) is 5.91 Å². The summed E-state index contributed by atoms with van der Waals surface area (Å²) in [6.45, 7) is 4.62. The Morgan fingerprint density at radius 3 is 2.50 bits per heavy atom. The molecule has 0 saturated carbocycles. The van der Waals surface area contributed by atoms with Gasteiger partial charge in [-0.05, 0) is 42.0 Å². The lowest BCUT2D eigenvalue weighted by atomic mass is 10.2. The Morgan fingerprint density at radius 1 is 1.03 bits per heavy atom. The molecule has 34 heavy (non-hydrogen) atoms. The molecule has 4 rings (SSSR count). The first kappa shape index (κ1) is 23.3. The molecule has 4 aromatic rings. The fourth-order valence-corrected chi connectivity index (χ4v) is 3.98. The number of benzene rings is 3. The van der Waals surface area contributed by atoms with Crippen LogP contribution in [0.2, 0.25) is 0 Å². The van der Waals surface area contributed by atoms with Gasteiger partial charge in [0.1, 0.15) is 18.2 Å². The molecule has 1 aromatic heterocycles. The lowest BCUT2D eigenvalue weighted by molar-refractivity contribution is -0.113. The molecule has 1 heterocycles. The van der Waals surface area contributed by atoms with E-state index in [0.29, 0.717) is 35.4 Å². The fourth-order valence-electron chi connectivity index (χ4n) is 3.23. The summed E-state index contributed by atoms with van der Waals surface area (Å²) >= 11 is 1.23. The van der Waals surface area contributed by atoms with Crippen molar-refractivity contribution in [2.75, 3.05) is 11.1 Å². The van der Waals surface area contributed by atoms with Crippen LogP contribution >= 0.6 is 11.8 Å². The SMILES string of the molecule is C=CCn1c(SCC(=O)Nc2ccc(OCc3ccccc3)cc2)nnc1-c1ccccc1F. The highest BCUT2D eigenvalue weighted by Crippen LogP contribution is 2.26. The molecular weight excluding hydrogens is 451 g/mol. The first-order valence-corrected chi connectivity index (χ1v) is 11.6. The molecule has 0 aliphatic rings. The molecule has 0 spiro atoms. The van der Waals surface area contributed by atoms with Gasteiger partial charge >= 0.3 is 0 Å². The fraction of sp³-hybridized carbons (Fsp3) is 0.115. The van der Waals surface area contributed by atoms with Gasteiger partial charge in [-0.2, -0.15) is 0 Å². The molecular formula is C26H23FN4O2S. The number of amides is 1. The number of halogens is 1. The Labute approximate surface area is 201 Å². The summed E-state index contributed by atoms with van der Waals surface area (Å²) in [6.07, 6.45) is 1.68. The second-order valence-electron chi connectivity index (χ2n) is 7.32. The Kier molecular flexibility index (Phi) is 7.72. The first-order valence-electron chi connectivity index (χ1n) is 10.6. The minimum Gasteiger partial charge on any atom is -0.489 e. The zero-order valence-corrected chi connectivity index (χ0v) is 19.2. The summed E-state index contributed by atoms with van der Waals surface area (Å²) in [5.74, 6) is 0.661. The molecule has 1 amide bonds. The summed E-state index contributed by atoms with van der Waals surface area (Å²) in [4.78, 5) is 12.5. The second kappa shape index (κ2) is 11.3. The van der Waals surface area contributed by atoms with E-state index >= 15 is 0 Å². The van der Waals surface area contributed by atoms with Gasteiger partial charge in [0.25, 0.3) is 0 Å². The van der Waals surface area contributed by atoms with Crippen molar-refractivity contribution in [1.82, 2.24) is 14.8 Å². The van der Waals surface area contributed by atoms with E-state index in [-0.39, 0.29) is 17.5 Å². The third-order valence-electron chi connectivity index (χ3n) is 4.86. The Morgan fingerprint density at radius 2 is 1.76 bits per heavy atom. The topological polar surface area (TPSA) is 69.0 Å². The van der Waals surface area contributed by atoms with Crippen LogP contribution in [0.5, 0.6) is 5.75 Å². The van der Waals surface area contributed by atoms with Gasteiger partial charge in [-0.1, -0.05) is 60.3 Å². The standard InChI is InChI=1S/C26H23FN4O2S/c1-2-16-31-25(22-10-6-7-11-23(22)27)29-30-26(31)34-18-24(32)28-20-12-14-21(15-13-20)33-17-19-8-4-3-5-9-19/h2-15H,1,16-18H2,(H,28,32). The Hall–Kier alpha value is -3.91. The van der Waals surface area contributed by atoms with E-state index in [4.69, 9.17) is 4.74 Å². The van der Waals surface area contributed by atoms with Gasteiger partial charge in [-0.25, -0.2) is 4.39 Å². The zero-order valence-electron chi connectivity index (χ0n) is 18.4. The van der Waals surface area contributed by atoms with Crippen molar-refractivity contribution in [3.8, 4) is 17.1 Å². The van der Waals surface area contributed by atoms with Gasteiger partial charge in [0, 0.05) is 12.2 Å². The van der Waals surface area contributed by atoms with Gasteiger partial charge in [0.05, 0.1) is 11.3 Å². The zero-order chi connectivity index (χ0) is 23.8. The number of carbonyl (C=O) groups excluding carboxylic acids is 1. The van der Waals surface area contributed by atoms with Crippen molar-refractivity contribution in [1.29, 1.82) is 0 Å². The van der Waals surface area contributed by atoms with Crippen molar-refractivity contribution < 1.29 is 13.9 Å². The summed E-state index contributed by atoms with van der Waals surface area (Å²) in [7, 11) is 0. The molecule has 0 aliphatic carbocycles. The number of ether oxygens (including phenoxy) is 1. The van der Waals surface area contributed by atoms with Crippen LogP contribution in [0.4, 0.5) is 10.1 Å². The molecule has 0 saturated heterocycles. The van der Waals surface area contributed by atoms with Crippen molar-refractivity contribution in [3.05, 3.63) is 103 Å². The Balaban J connectivity index is 1.34.